The summed E-state index contributed by atoms with van der Waals surface area (Å²) in [6.45, 7) is 0. The minimum atomic E-state index is 0.779. The standard InChI is InChI=1S/C12H18O/c13-5-4-8-6-9-7-12(8)11-3-1-2-10(9)11/h5,8-12H,1-4,6-7H2. The number of carbonyl (C=O) groups is 1. The van der Waals surface area contributed by atoms with E-state index in [1.807, 2.05) is 0 Å². The zero-order valence-electron chi connectivity index (χ0n) is 8.11. The van der Waals surface area contributed by atoms with Crippen molar-refractivity contribution in [3.63, 3.8) is 0 Å². The number of aldehydes is 1. The van der Waals surface area contributed by atoms with Crippen LogP contribution in [0.5, 0.6) is 0 Å². The lowest BCUT2D eigenvalue weighted by atomic mass is 9.75. The minimum Gasteiger partial charge on any atom is -0.303 e. The summed E-state index contributed by atoms with van der Waals surface area (Å²) in [6, 6.07) is 0. The molecule has 1 heteroatoms. The van der Waals surface area contributed by atoms with Crippen LogP contribution in [0.25, 0.3) is 0 Å². The van der Waals surface area contributed by atoms with Gasteiger partial charge in [0.1, 0.15) is 6.29 Å². The molecule has 0 heterocycles. The van der Waals surface area contributed by atoms with Crippen molar-refractivity contribution in [3.8, 4) is 0 Å². The molecule has 0 radical (unpaired) electrons. The summed E-state index contributed by atoms with van der Waals surface area (Å²) in [6.07, 6.45) is 9.29. The Morgan fingerprint density at radius 3 is 2.77 bits per heavy atom. The van der Waals surface area contributed by atoms with Gasteiger partial charge in [-0.3, -0.25) is 0 Å². The highest BCUT2D eigenvalue weighted by Crippen LogP contribution is 2.61. The van der Waals surface area contributed by atoms with E-state index in [0.29, 0.717) is 0 Å². The summed E-state index contributed by atoms with van der Waals surface area (Å²) in [7, 11) is 0. The summed E-state index contributed by atoms with van der Waals surface area (Å²) in [5, 5.41) is 0. The molecule has 3 aliphatic carbocycles. The Bertz CT molecular complexity index is 223. The molecule has 0 aromatic rings. The van der Waals surface area contributed by atoms with Gasteiger partial charge < -0.3 is 4.79 Å². The predicted octanol–water partition coefficient (Wildman–Crippen LogP) is 2.65. The molecule has 2 bridgehead atoms. The molecule has 0 aromatic carbocycles. The van der Waals surface area contributed by atoms with Crippen molar-refractivity contribution in [1.29, 1.82) is 0 Å². The normalized spacial score (nSPS) is 52.5. The Balaban J connectivity index is 1.77. The molecule has 5 atom stereocenters. The molecular formula is C12H18O. The van der Waals surface area contributed by atoms with Gasteiger partial charge in [0.15, 0.2) is 0 Å². The van der Waals surface area contributed by atoms with Gasteiger partial charge in [-0.05, 0) is 55.3 Å². The van der Waals surface area contributed by atoms with Crippen molar-refractivity contribution in [2.45, 2.75) is 38.5 Å². The maximum Gasteiger partial charge on any atom is 0.120 e. The smallest absolute Gasteiger partial charge is 0.120 e. The average molecular weight is 178 g/mol. The quantitative estimate of drug-likeness (QED) is 0.594. The molecule has 3 fully saturated rings. The Morgan fingerprint density at radius 2 is 1.92 bits per heavy atom. The van der Waals surface area contributed by atoms with Crippen LogP contribution in [0.1, 0.15) is 38.5 Å². The maximum absolute atomic E-state index is 10.5. The topological polar surface area (TPSA) is 17.1 Å². The zero-order chi connectivity index (χ0) is 8.84. The van der Waals surface area contributed by atoms with E-state index < -0.39 is 0 Å². The lowest BCUT2D eigenvalue weighted by Crippen LogP contribution is -2.24. The zero-order valence-corrected chi connectivity index (χ0v) is 8.11. The fraction of sp³-hybridized carbons (Fsp3) is 0.917. The van der Waals surface area contributed by atoms with Crippen molar-refractivity contribution in [1.82, 2.24) is 0 Å². The van der Waals surface area contributed by atoms with Gasteiger partial charge in [-0.25, -0.2) is 0 Å². The third-order valence-corrected chi connectivity index (χ3v) is 4.97. The maximum atomic E-state index is 10.5. The second-order valence-electron chi connectivity index (χ2n) is 5.32. The molecular weight excluding hydrogens is 160 g/mol. The van der Waals surface area contributed by atoms with Gasteiger partial charge >= 0.3 is 0 Å². The van der Waals surface area contributed by atoms with E-state index in [4.69, 9.17) is 0 Å². The number of rotatable bonds is 2. The number of carbonyl (C=O) groups excluding carboxylic acids is 1. The van der Waals surface area contributed by atoms with E-state index in [1.165, 1.54) is 32.1 Å². The monoisotopic (exact) mass is 178 g/mol. The number of fused-ring (bicyclic) bond motifs is 5. The molecule has 0 aliphatic heterocycles. The lowest BCUT2D eigenvalue weighted by Gasteiger charge is -2.30. The van der Waals surface area contributed by atoms with Crippen LogP contribution in [-0.4, -0.2) is 6.29 Å². The summed E-state index contributed by atoms with van der Waals surface area (Å²) in [4.78, 5) is 10.5. The summed E-state index contributed by atoms with van der Waals surface area (Å²) in [5.41, 5.74) is 0. The van der Waals surface area contributed by atoms with Gasteiger partial charge in [-0.1, -0.05) is 6.42 Å². The fourth-order valence-corrected chi connectivity index (χ4v) is 4.60. The van der Waals surface area contributed by atoms with Gasteiger partial charge in [0.05, 0.1) is 0 Å². The van der Waals surface area contributed by atoms with Crippen molar-refractivity contribution >= 4 is 6.29 Å². The first-order chi connectivity index (χ1) is 6.40. The Kier molecular flexibility index (Phi) is 1.75. The van der Waals surface area contributed by atoms with Gasteiger partial charge in [0, 0.05) is 6.42 Å². The highest BCUT2D eigenvalue weighted by atomic mass is 16.1. The second-order valence-corrected chi connectivity index (χ2v) is 5.32. The molecule has 0 spiro atoms. The lowest BCUT2D eigenvalue weighted by molar-refractivity contribution is -0.109. The molecule has 13 heavy (non-hydrogen) atoms. The first-order valence-electron chi connectivity index (χ1n) is 5.84. The third-order valence-electron chi connectivity index (χ3n) is 4.97. The second kappa shape index (κ2) is 2.83. The summed E-state index contributed by atoms with van der Waals surface area (Å²) in [5.74, 6) is 4.85. The van der Waals surface area contributed by atoms with E-state index in [1.54, 1.807) is 0 Å². The molecule has 72 valence electrons. The van der Waals surface area contributed by atoms with E-state index in [-0.39, 0.29) is 0 Å². The third kappa shape index (κ3) is 1.02. The van der Waals surface area contributed by atoms with Crippen LogP contribution in [0, 0.1) is 29.6 Å². The van der Waals surface area contributed by atoms with Gasteiger partial charge in [-0.15, -0.1) is 0 Å². The van der Waals surface area contributed by atoms with Crippen LogP contribution in [0.3, 0.4) is 0 Å². The number of hydrogen-bond donors (Lipinski definition) is 0. The molecule has 0 aromatic heterocycles. The molecule has 0 saturated heterocycles. The largest absolute Gasteiger partial charge is 0.303 e. The van der Waals surface area contributed by atoms with Crippen molar-refractivity contribution < 1.29 is 4.79 Å². The van der Waals surface area contributed by atoms with Gasteiger partial charge in [-0.2, -0.15) is 0 Å². The molecule has 3 rings (SSSR count). The van der Waals surface area contributed by atoms with E-state index >= 15 is 0 Å². The minimum absolute atomic E-state index is 0.779. The van der Waals surface area contributed by atoms with Gasteiger partial charge in [0.2, 0.25) is 0 Å². The van der Waals surface area contributed by atoms with Crippen molar-refractivity contribution in [3.05, 3.63) is 0 Å². The van der Waals surface area contributed by atoms with E-state index in [0.717, 1.165) is 42.3 Å². The molecule has 1 nitrogen and oxygen atoms in total. The fourth-order valence-electron chi connectivity index (χ4n) is 4.60. The predicted molar refractivity (Wildman–Crippen MR) is 51.2 cm³/mol. The van der Waals surface area contributed by atoms with E-state index in [9.17, 15) is 4.79 Å². The Hall–Kier alpha value is -0.330. The van der Waals surface area contributed by atoms with Gasteiger partial charge in [0.25, 0.3) is 0 Å². The first kappa shape index (κ1) is 8.02. The summed E-state index contributed by atoms with van der Waals surface area (Å²) >= 11 is 0. The first-order valence-corrected chi connectivity index (χ1v) is 5.84. The highest BCUT2D eigenvalue weighted by molar-refractivity contribution is 5.50. The molecule has 3 aliphatic rings. The Morgan fingerprint density at radius 1 is 1.08 bits per heavy atom. The number of hydrogen-bond acceptors (Lipinski definition) is 1. The molecule has 3 saturated carbocycles. The van der Waals surface area contributed by atoms with Crippen LogP contribution in [-0.2, 0) is 4.79 Å². The van der Waals surface area contributed by atoms with Crippen LogP contribution in [0.15, 0.2) is 0 Å². The van der Waals surface area contributed by atoms with Crippen molar-refractivity contribution in [2.75, 3.05) is 0 Å². The summed E-state index contributed by atoms with van der Waals surface area (Å²) < 4.78 is 0. The molecule has 5 unspecified atom stereocenters. The molecule has 0 amide bonds. The van der Waals surface area contributed by atoms with Crippen LogP contribution < -0.4 is 0 Å². The van der Waals surface area contributed by atoms with Crippen LogP contribution in [0.4, 0.5) is 0 Å². The van der Waals surface area contributed by atoms with E-state index in [2.05, 4.69) is 0 Å². The SMILES string of the molecule is O=CCC1CC2CC1C1CCCC21. The molecule has 0 N–H and O–H groups in total. The Labute approximate surface area is 79.9 Å². The highest BCUT2D eigenvalue weighted by Gasteiger charge is 2.53. The van der Waals surface area contributed by atoms with Crippen molar-refractivity contribution in [2.24, 2.45) is 29.6 Å². The van der Waals surface area contributed by atoms with Crippen LogP contribution in [0.2, 0.25) is 0 Å². The van der Waals surface area contributed by atoms with Crippen LogP contribution >= 0.6 is 0 Å². The average Bonchev–Trinajstić information content (AvgIpc) is 2.72.